The molecule has 5 N–H and O–H groups in total. The SMILES string of the molecule is CN/C=C\Nc1ccc(C2(O)CCC(N[C@H]3CCN(C(=O)CNC(=O)c4cccc(C(F)(F)F)c4)C3)CC2)cc1. The van der Waals surface area contributed by atoms with Crippen molar-refractivity contribution in [1.82, 2.24) is 20.9 Å². The highest BCUT2D eigenvalue weighted by Gasteiger charge is 2.36. The zero-order chi connectivity index (χ0) is 28.8. The molecule has 1 saturated heterocycles. The normalized spacial score (nSPS) is 23.3. The van der Waals surface area contributed by atoms with E-state index in [9.17, 15) is 27.9 Å². The molecule has 40 heavy (non-hydrogen) atoms. The Hall–Kier alpha value is -3.57. The summed E-state index contributed by atoms with van der Waals surface area (Å²) in [6, 6.07) is 12.3. The van der Waals surface area contributed by atoms with E-state index in [1.54, 1.807) is 17.3 Å². The lowest BCUT2D eigenvalue weighted by Crippen LogP contribution is -2.46. The van der Waals surface area contributed by atoms with Gasteiger partial charge < -0.3 is 31.3 Å². The Morgan fingerprint density at radius 3 is 2.45 bits per heavy atom. The first-order valence-corrected chi connectivity index (χ1v) is 13.5. The van der Waals surface area contributed by atoms with Crippen molar-refractivity contribution < 1.29 is 27.9 Å². The van der Waals surface area contributed by atoms with Crippen molar-refractivity contribution in [2.75, 3.05) is 32.0 Å². The molecule has 1 aliphatic heterocycles. The molecule has 0 spiro atoms. The first kappa shape index (κ1) is 29.4. The fourth-order valence-electron chi connectivity index (χ4n) is 5.31. The molecule has 2 aromatic rings. The van der Waals surface area contributed by atoms with Gasteiger partial charge in [0.1, 0.15) is 0 Å². The van der Waals surface area contributed by atoms with Crippen molar-refractivity contribution in [3.05, 3.63) is 77.6 Å². The summed E-state index contributed by atoms with van der Waals surface area (Å²) in [5.41, 5.74) is -0.0870. The molecule has 8 nitrogen and oxygen atoms in total. The summed E-state index contributed by atoms with van der Waals surface area (Å²) in [4.78, 5) is 26.6. The smallest absolute Gasteiger partial charge is 0.393 e. The third-order valence-electron chi connectivity index (χ3n) is 7.60. The lowest BCUT2D eigenvalue weighted by Gasteiger charge is -2.37. The molecule has 0 unspecified atom stereocenters. The average Bonchev–Trinajstić information content (AvgIpc) is 3.41. The Morgan fingerprint density at radius 1 is 1.05 bits per heavy atom. The molecule has 0 bridgehead atoms. The summed E-state index contributed by atoms with van der Waals surface area (Å²) in [6.07, 6.45) is 2.69. The second kappa shape index (κ2) is 12.7. The highest BCUT2D eigenvalue weighted by molar-refractivity contribution is 5.96. The molecule has 2 amide bonds. The van der Waals surface area contributed by atoms with Crippen molar-refractivity contribution in [2.45, 2.75) is 56.0 Å². The Balaban J connectivity index is 1.20. The van der Waals surface area contributed by atoms with Crippen molar-refractivity contribution in [3.63, 3.8) is 0 Å². The highest BCUT2D eigenvalue weighted by atomic mass is 19.4. The van der Waals surface area contributed by atoms with Gasteiger partial charge in [-0.05, 0) is 68.0 Å². The average molecular weight is 560 g/mol. The number of anilines is 1. The molecule has 1 atom stereocenters. The molecule has 1 aliphatic carbocycles. The molecule has 0 aromatic heterocycles. The quantitative estimate of drug-likeness (QED) is 0.322. The molecular weight excluding hydrogens is 523 g/mol. The molecule has 2 fully saturated rings. The van der Waals surface area contributed by atoms with Crippen molar-refractivity contribution >= 4 is 17.5 Å². The maximum atomic E-state index is 12.9. The molecule has 2 aliphatic rings. The molecule has 4 rings (SSSR count). The number of amides is 2. The number of benzene rings is 2. The second-order valence-corrected chi connectivity index (χ2v) is 10.4. The third kappa shape index (κ3) is 7.54. The first-order chi connectivity index (χ1) is 19.1. The van der Waals surface area contributed by atoms with E-state index >= 15 is 0 Å². The number of carbonyl (C=O) groups is 2. The number of rotatable bonds is 9. The van der Waals surface area contributed by atoms with Crippen LogP contribution in [0.15, 0.2) is 60.9 Å². The van der Waals surface area contributed by atoms with Gasteiger partial charge in [-0.15, -0.1) is 0 Å². The van der Waals surface area contributed by atoms with E-state index in [1.807, 2.05) is 31.3 Å². The summed E-state index contributed by atoms with van der Waals surface area (Å²) in [7, 11) is 1.82. The molecule has 216 valence electrons. The zero-order valence-electron chi connectivity index (χ0n) is 22.4. The lowest BCUT2D eigenvalue weighted by molar-refractivity contribution is -0.137. The summed E-state index contributed by atoms with van der Waals surface area (Å²) in [6.45, 7) is 0.754. The Bertz CT molecular complexity index is 1190. The molecule has 1 heterocycles. The summed E-state index contributed by atoms with van der Waals surface area (Å²) < 4.78 is 38.7. The van der Waals surface area contributed by atoms with Gasteiger partial charge in [0.2, 0.25) is 5.91 Å². The molecule has 0 radical (unpaired) electrons. The number of halogens is 3. The maximum Gasteiger partial charge on any atom is 0.416 e. The van der Waals surface area contributed by atoms with Gasteiger partial charge >= 0.3 is 6.18 Å². The van der Waals surface area contributed by atoms with E-state index in [4.69, 9.17) is 0 Å². The highest BCUT2D eigenvalue weighted by Crippen LogP contribution is 2.38. The topological polar surface area (TPSA) is 106 Å². The van der Waals surface area contributed by atoms with Crippen LogP contribution in [0.1, 0.15) is 53.6 Å². The van der Waals surface area contributed by atoms with Crippen molar-refractivity contribution in [2.24, 2.45) is 0 Å². The third-order valence-corrected chi connectivity index (χ3v) is 7.60. The van der Waals surface area contributed by atoms with E-state index in [1.165, 1.54) is 12.1 Å². The van der Waals surface area contributed by atoms with Crippen LogP contribution >= 0.6 is 0 Å². The van der Waals surface area contributed by atoms with Crippen LogP contribution in [0.4, 0.5) is 18.9 Å². The zero-order valence-corrected chi connectivity index (χ0v) is 22.4. The number of likely N-dealkylation sites (tertiary alicyclic amines) is 1. The molecule has 1 saturated carbocycles. The van der Waals surface area contributed by atoms with Crippen LogP contribution < -0.4 is 21.3 Å². The van der Waals surface area contributed by atoms with E-state index in [-0.39, 0.29) is 30.1 Å². The molecular formula is C29H36F3N5O3. The second-order valence-electron chi connectivity index (χ2n) is 10.4. The van der Waals surface area contributed by atoms with E-state index in [0.29, 0.717) is 25.9 Å². The van der Waals surface area contributed by atoms with Gasteiger partial charge in [0.15, 0.2) is 0 Å². The van der Waals surface area contributed by atoms with Gasteiger partial charge in [-0.3, -0.25) is 9.59 Å². The van der Waals surface area contributed by atoms with Crippen LogP contribution in [0.25, 0.3) is 0 Å². The van der Waals surface area contributed by atoms with Crippen LogP contribution in [0.5, 0.6) is 0 Å². The van der Waals surface area contributed by atoms with E-state index in [0.717, 1.165) is 42.6 Å². The standard InChI is InChI=1S/C29H36F3N5O3/c1-33-14-15-34-23-7-5-21(6-8-23)28(40)12-9-24(10-13-28)36-25-11-16-37(19-25)26(38)18-35-27(39)20-3-2-4-22(17-20)29(30,31)32/h2-8,14-15,17,24-25,33-34,36,40H,9-13,16,18-19H2,1H3,(H,35,39)/b15-14-/t24?,25-,28?/m0/s1. The number of hydrogen-bond donors (Lipinski definition) is 5. The lowest BCUT2D eigenvalue weighted by atomic mass is 9.77. The van der Waals surface area contributed by atoms with E-state index < -0.39 is 23.2 Å². The first-order valence-electron chi connectivity index (χ1n) is 13.5. The summed E-state index contributed by atoms with van der Waals surface area (Å²) in [5, 5.41) is 23.4. The Kier molecular flexibility index (Phi) is 9.36. The maximum absolute atomic E-state index is 12.9. The Morgan fingerprint density at radius 2 is 1.77 bits per heavy atom. The summed E-state index contributed by atoms with van der Waals surface area (Å²) >= 11 is 0. The number of carbonyl (C=O) groups excluding carboxylic acids is 2. The van der Waals surface area contributed by atoms with Gasteiger partial charge in [-0.25, -0.2) is 0 Å². The van der Waals surface area contributed by atoms with Gasteiger partial charge in [0.05, 0.1) is 17.7 Å². The van der Waals surface area contributed by atoms with Crippen LogP contribution in [-0.2, 0) is 16.6 Å². The number of nitrogens with one attached hydrogen (secondary N) is 4. The predicted molar refractivity (Wildman–Crippen MR) is 146 cm³/mol. The van der Waals surface area contributed by atoms with Crippen LogP contribution in [0, 0.1) is 0 Å². The van der Waals surface area contributed by atoms with Crippen molar-refractivity contribution in [3.8, 4) is 0 Å². The predicted octanol–water partition coefficient (Wildman–Crippen LogP) is 3.56. The summed E-state index contributed by atoms with van der Waals surface area (Å²) in [5.74, 6) is -0.999. The number of nitrogens with zero attached hydrogens (tertiary/aromatic N) is 1. The van der Waals surface area contributed by atoms with Crippen LogP contribution in [0.3, 0.4) is 0 Å². The monoisotopic (exact) mass is 559 g/mol. The fraction of sp³-hybridized carbons (Fsp3) is 0.448. The number of alkyl halides is 3. The minimum atomic E-state index is -4.55. The van der Waals surface area contributed by atoms with Gasteiger partial charge in [-0.2, -0.15) is 13.2 Å². The largest absolute Gasteiger partial charge is 0.416 e. The van der Waals surface area contributed by atoms with Crippen LogP contribution in [0.2, 0.25) is 0 Å². The Labute approximate surface area is 232 Å². The molecule has 11 heteroatoms. The minimum Gasteiger partial charge on any atom is -0.393 e. The number of hydrogen-bond acceptors (Lipinski definition) is 6. The van der Waals surface area contributed by atoms with Crippen LogP contribution in [-0.4, -0.2) is 60.6 Å². The van der Waals surface area contributed by atoms with Gasteiger partial charge in [0, 0.05) is 55.9 Å². The minimum absolute atomic E-state index is 0.107. The van der Waals surface area contributed by atoms with Gasteiger partial charge in [0.25, 0.3) is 5.91 Å². The fourth-order valence-corrected chi connectivity index (χ4v) is 5.31. The van der Waals surface area contributed by atoms with Crippen molar-refractivity contribution in [1.29, 1.82) is 0 Å². The number of aliphatic hydroxyl groups is 1. The van der Waals surface area contributed by atoms with E-state index in [2.05, 4.69) is 21.3 Å². The molecule has 2 aromatic carbocycles. The van der Waals surface area contributed by atoms with Gasteiger partial charge in [-0.1, -0.05) is 18.2 Å².